The molecular formula is C39H45PS. The van der Waals surface area contributed by atoms with Crippen LogP contribution in [-0.2, 0) is 11.5 Å². The highest BCUT2D eigenvalue weighted by Gasteiger charge is 2.39. The van der Waals surface area contributed by atoms with Crippen LogP contribution in [0.3, 0.4) is 0 Å². The lowest BCUT2D eigenvalue weighted by atomic mass is 9.84. The van der Waals surface area contributed by atoms with E-state index >= 15 is 0 Å². The lowest BCUT2D eigenvalue weighted by Gasteiger charge is -2.42. The molecule has 2 aliphatic carbocycles. The predicted octanol–water partition coefficient (Wildman–Crippen LogP) is 11.8. The zero-order valence-corrected chi connectivity index (χ0v) is 25.4. The molecule has 3 aliphatic rings. The van der Waals surface area contributed by atoms with Crippen molar-refractivity contribution in [2.45, 2.75) is 94.5 Å². The van der Waals surface area contributed by atoms with Gasteiger partial charge in [0, 0.05) is 11.5 Å². The molecule has 1 heterocycles. The SMILES string of the molecule is C.c1ccc(-c2c3c(c(-c4ccccc4)c(P(C4CCCCC4)C4CCCCC4)c2-c2ccccc2)CSC3)cc1. The number of thioether (sulfide) groups is 1. The average Bonchev–Trinajstić information content (AvgIpc) is 3.52. The van der Waals surface area contributed by atoms with Gasteiger partial charge in [-0.1, -0.05) is 145 Å². The maximum atomic E-state index is 2.41. The van der Waals surface area contributed by atoms with E-state index in [9.17, 15) is 0 Å². The smallest absolute Gasteiger partial charge is 0.0197 e. The van der Waals surface area contributed by atoms with Crippen LogP contribution >= 0.6 is 19.7 Å². The van der Waals surface area contributed by atoms with Crippen molar-refractivity contribution in [3.8, 4) is 33.4 Å². The predicted molar refractivity (Wildman–Crippen MR) is 185 cm³/mol. The zero-order chi connectivity index (χ0) is 26.7. The normalized spacial score (nSPS) is 17.8. The molecule has 212 valence electrons. The van der Waals surface area contributed by atoms with Crippen LogP contribution in [0.15, 0.2) is 91.0 Å². The maximum absolute atomic E-state index is 2.41. The van der Waals surface area contributed by atoms with Crippen molar-refractivity contribution >= 4 is 25.0 Å². The van der Waals surface area contributed by atoms with Crippen LogP contribution in [0.4, 0.5) is 0 Å². The summed E-state index contributed by atoms with van der Waals surface area (Å²) in [5.74, 6) is 2.25. The Bertz CT molecular complexity index is 1400. The van der Waals surface area contributed by atoms with E-state index in [1.807, 2.05) is 0 Å². The first-order valence-corrected chi connectivity index (χ1v) is 18.3. The van der Waals surface area contributed by atoms with E-state index in [2.05, 4.69) is 103 Å². The highest BCUT2D eigenvalue weighted by Crippen LogP contribution is 2.60. The minimum Gasteiger partial charge on any atom is -0.152 e. The number of hydrogen-bond donors (Lipinski definition) is 0. The molecule has 0 aromatic heterocycles. The molecule has 1 aliphatic heterocycles. The Labute approximate surface area is 254 Å². The molecular weight excluding hydrogens is 531 g/mol. The van der Waals surface area contributed by atoms with Crippen molar-refractivity contribution in [3.05, 3.63) is 102 Å². The molecule has 4 aromatic rings. The Morgan fingerprint density at radius 2 is 0.854 bits per heavy atom. The second-order valence-electron chi connectivity index (χ2n) is 12.0. The first-order valence-electron chi connectivity index (χ1n) is 15.6. The number of benzene rings is 4. The summed E-state index contributed by atoms with van der Waals surface area (Å²) >= 11 is 2.12. The molecule has 2 saturated carbocycles. The van der Waals surface area contributed by atoms with Gasteiger partial charge in [0.2, 0.25) is 0 Å². The molecule has 7 rings (SSSR count). The van der Waals surface area contributed by atoms with Crippen molar-refractivity contribution in [2.24, 2.45) is 0 Å². The summed E-state index contributed by atoms with van der Waals surface area (Å²) in [6, 6.07) is 34.5. The molecule has 0 saturated heterocycles. The Kier molecular flexibility index (Phi) is 9.34. The van der Waals surface area contributed by atoms with Crippen LogP contribution < -0.4 is 5.30 Å². The Balaban J connectivity index is 0.00000302. The minimum atomic E-state index is -0.303. The Morgan fingerprint density at radius 3 is 1.32 bits per heavy atom. The number of hydrogen-bond acceptors (Lipinski definition) is 1. The third kappa shape index (κ3) is 5.70. The van der Waals surface area contributed by atoms with Gasteiger partial charge in [-0.3, -0.25) is 0 Å². The fourth-order valence-corrected chi connectivity index (χ4v) is 13.1. The fraction of sp³-hybridized carbons (Fsp3) is 0.385. The molecule has 0 nitrogen and oxygen atoms in total. The quantitative estimate of drug-likeness (QED) is 0.206. The summed E-state index contributed by atoms with van der Waals surface area (Å²) < 4.78 is 0. The van der Waals surface area contributed by atoms with Crippen molar-refractivity contribution < 1.29 is 0 Å². The molecule has 0 bridgehead atoms. The van der Waals surface area contributed by atoms with Gasteiger partial charge in [0.1, 0.15) is 0 Å². The van der Waals surface area contributed by atoms with E-state index in [1.165, 1.54) is 80.9 Å². The van der Waals surface area contributed by atoms with Crippen molar-refractivity contribution in [1.29, 1.82) is 0 Å². The summed E-state index contributed by atoms with van der Waals surface area (Å²) in [4.78, 5) is 0. The lowest BCUT2D eigenvalue weighted by molar-refractivity contribution is 0.487. The van der Waals surface area contributed by atoms with Crippen molar-refractivity contribution in [1.82, 2.24) is 0 Å². The summed E-state index contributed by atoms with van der Waals surface area (Å²) in [5, 5.41) is 1.77. The summed E-state index contributed by atoms with van der Waals surface area (Å²) in [6.07, 6.45) is 14.2. The van der Waals surface area contributed by atoms with Gasteiger partial charge in [-0.2, -0.15) is 11.8 Å². The summed E-state index contributed by atoms with van der Waals surface area (Å²) in [5.41, 5.74) is 14.0. The largest absolute Gasteiger partial charge is 0.152 e. The van der Waals surface area contributed by atoms with E-state index in [0.29, 0.717) is 0 Å². The molecule has 41 heavy (non-hydrogen) atoms. The molecule has 0 unspecified atom stereocenters. The molecule has 0 radical (unpaired) electrons. The Morgan fingerprint density at radius 1 is 0.463 bits per heavy atom. The van der Waals surface area contributed by atoms with Gasteiger partial charge in [0.15, 0.2) is 0 Å². The van der Waals surface area contributed by atoms with Crippen LogP contribution in [0.5, 0.6) is 0 Å². The van der Waals surface area contributed by atoms with Gasteiger partial charge in [0.25, 0.3) is 0 Å². The van der Waals surface area contributed by atoms with Crippen LogP contribution in [-0.4, -0.2) is 11.3 Å². The fourth-order valence-electron chi connectivity index (χ4n) is 7.78. The second-order valence-corrected chi connectivity index (χ2v) is 15.7. The first-order chi connectivity index (χ1) is 19.9. The van der Waals surface area contributed by atoms with Crippen LogP contribution in [0.25, 0.3) is 33.4 Å². The van der Waals surface area contributed by atoms with Gasteiger partial charge in [0.05, 0.1) is 0 Å². The van der Waals surface area contributed by atoms with Crippen molar-refractivity contribution in [3.63, 3.8) is 0 Å². The van der Waals surface area contributed by atoms with E-state index in [-0.39, 0.29) is 15.3 Å². The molecule has 4 aromatic carbocycles. The van der Waals surface area contributed by atoms with Crippen LogP contribution in [0, 0.1) is 0 Å². The lowest BCUT2D eigenvalue weighted by Crippen LogP contribution is -2.29. The Hall–Kier alpha value is -2.34. The van der Waals surface area contributed by atoms with Gasteiger partial charge in [-0.15, -0.1) is 0 Å². The second kappa shape index (κ2) is 13.3. The average molecular weight is 577 g/mol. The molecule has 2 heteroatoms. The van der Waals surface area contributed by atoms with Gasteiger partial charge in [-0.05, 0) is 86.8 Å². The number of rotatable bonds is 6. The van der Waals surface area contributed by atoms with Crippen LogP contribution in [0.2, 0.25) is 0 Å². The summed E-state index contributed by atoms with van der Waals surface area (Å²) in [7, 11) is -0.303. The van der Waals surface area contributed by atoms with E-state index in [0.717, 1.165) is 22.8 Å². The minimum absolute atomic E-state index is 0. The van der Waals surface area contributed by atoms with E-state index in [4.69, 9.17) is 0 Å². The topological polar surface area (TPSA) is 0 Å². The zero-order valence-electron chi connectivity index (χ0n) is 23.7. The van der Waals surface area contributed by atoms with Crippen LogP contribution in [0.1, 0.15) is 82.8 Å². The molecule has 0 amide bonds. The summed E-state index contributed by atoms with van der Waals surface area (Å²) in [6.45, 7) is 0. The molecule has 0 atom stereocenters. The standard InChI is InChI=1S/C38H41PS.CH4/c1-6-16-28(17-7-1)35-33-26-40-27-34(33)36(29-18-8-2-9-19-29)38(37(35)30-20-10-3-11-21-30)39(31-22-12-4-13-23-31)32-24-14-5-15-25-32;/h1-3,6-11,16-21,31-32H,4-5,12-15,22-27H2;1H4. The monoisotopic (exact) mass is 576 g/mol. The molecule has 0 N–H and O–H groups in total. The van der Waals surface area contributed by atoms with Gasteiger partial charge in [-0.25, -0.2) is 0 Å². The number of fused-ring (bicyclic) bond motifs is 1. The molecule has 0 spiro atoms. The van der Waals surface area contributed by atoms with Crippen molar-refractivity contribution in [2.75, 3.05) is 0 Å². The first kappa shape index (κ1) is 28.8. The highest BCUT2D eigenvalue weighted by atomic mass is 32.2. The van der Waals surface area contributed by atoms with Gasteiger partial charge < -0.3 is 0 Å². The molecule has 2 fully saturated rings. The van der Waals surface area contributed by atoms with Gasteiger partial charge >= 0.3 is 0 Å². The third-order valence-electron chi connectivity index (χ3n) is 9.57. The maximum Gasteiger partial charge on any atom is 0.0197 e. The van der Waals surface area contributed by atoms with E-state index < -0.39 is 0 Å². The van der Waals surface area contributed by atoms with E-state index in [1.54, 1.807) is 33.1 Å². The third-order valence-corrected chi connectivity index (χ3v) is 14.1. The highest BCUT2D eigenvalue weighted by molar-refractivity contribution is 7.98.